The standard InChI is InChI=1S/C20H27NOS/c1-15-12-19-16(13-20(15)22-3)6-4-7-17(19)14-21(2)10-9-18-8-5-11-23-18/h5,8,11-13,17H,4,6-7,9-10,14H2,1-3H3. The maximum absolute atomic E-state index is 5.50. The summed E-state index contributed by atoms with van der Waals surface area (Å²) in [5, 5.41) is 2.17. The van der Waals surface area contributed by atoms with E-state index in [0.29, 0.717) is 5.92 Å². The molecular formula is C20H27NOS. The van der Waals surface area contributed by atoms with Crippen molar-refractivity contribution in [2.45, 2.75) is 38.5 Å². The molecule has 3 rings (SSSR count). The van der Waals surface area contributed by atoms with Crippen molar-refractivity contribution in [1.29, 1.82) is 0 Å². The van der Waals surface area contributed by atoms with Crippen molar-refractivity contribution in [2.75, 3.05) is 27.2 Å². The number of hydrogen-bond donors (Lipinski definition) is 0. The molecule has 124 valence electrons. The summed E-state index contributed by atoms with van der Waals surface area (Å²) < 4.78 is 5.50. The summed E-state index contributed by atoms with van der Waals surface area (Å²) in [7, 11) is 4.03. The topological polar surface area (TPSA) is 12.5 Å². The zero-order valence-electron chi connectivity index (χ0n) is 14.5. The zero-order valence-corrected chi connectivity index (χ0v) is 15.3. The number of benzene rings is 1. The van der Waals surface area contributed by atoms with Gasteiger partial charge in [0, 0.05) is 18.0 Å². The number of ether oxygens (including phenoxy) is 1. The number of hydrogen-bond acceptors (Lipinski definition) is 3. The number of likely N-dealkylation sites (N-methyl/N-ethyl adjacent to an activating group) is 1. The van der Waals surface area contributed by atoms with Gasteiger partial charge in [-0.1, -0.05) is 12.1 Å². The first-order valence-corrected chi connectivity index (χ1v) is 9.43. The van der Waals surface area contributed by atoms with E-state index in [4.69, 9.17) is 4.74 Å². The predicted molar refractivity (Wildman–Crippen MR) is 98.9 cm³/mol. The van der Waals surface area contributed by atoms with Gasteiger partial charge in [-0.3, -0.25) is 0 Å². The third-order valence-corrected chi connectivity index (χ3v) is 5.88. The van der Waals surface area contributed by atoms with Gasteiger partial charge in [-0.05, 0) is 79.8 Å². The molecule has 0 saturated heterocycles. The molecule has 1 atom stereocenters. The predicted octanol–water partition coefficient (Wildman–Crippen LogP) is 4.66. The molecule has 0 amide bonds. The van der Waals surface area contributed by atoms with Crippen molar-refractivity contribution in [2.24, 2.45) is 0 Å². The third-order valence-electron chi connectivity index (χ3n) is 4.95. The van der Waals surface area contributed by atoms with E-state index in [9.17, 15) is 0 Å². The highest BCUT2D eigenvalue weighted by atomic mass is 32.1. The fraction of sp³-hybridized carbons (Fsp3) is 0.500. The molecule has 0 N–H and O–H groups in total. The molecule has 3 heteroatoms. The number of thiophene rings is 1. The van der Waals surface area contributed by atoms with E-state index in [1.54, 1.807) is 12.7 Å². The first-order valence-electron chi connectivity index (χ1n) is 8.55. The first-order chi connectivity index (χ1) is 11.2. The Morgan fingerprint density at radius 1 is 1.35 bits per heavy atom. The van der Waals surface area contributed by atoms with Gasteiger partial charge in [-0.2, -0.15) is 0 Å². The number of methoxy groups -OCH3 is 1. The van der Waals surface area contributed by atoms with Gasteiger partial charge in [0.25, 0.3) is 0 Å². The molecule has 2 aromatic rings. The van der Waals surface area contributed by atoms with E-state index in [-0.39, 0.29) is 0 Å². The fourth-order valence-electron chi connectivity index (χ4n) is 3.68. The van der Waals surface area contributed by atoms with Crippen LogP contribution in [0.15, 0.2) is 29.6 Å². The molecular weight excluding hydrogens is 302 g/mol. The molecule has 1 heterocycles. The lowest BCUT2D eigenvalue weighted by molar-refractivity contribution is 0.301. The highest BCUT2D eigenvalue weighted by Gasteiger charge is 2.22. The van der Waals surface area contributed by atoms with Gasteiger partial charge < -0.3 is 9.64 Å². The van der Waals surface area contributed by atoms with Crippen LogP contribution in [-0.4, -0.2) is 32.1 Å². The number of nitrogens with zero attached hydrogens (tertiary/aromatic N) is 1. The molecule has 2 nitrogen and oxygen atoms in total. The summed E-state index contributed by atoms with van der Waals surface area (Å²) in [4.78, 5) is 3.99. The Hall–Kier alpha value is -1.32. The van der Waals surface area contributed by atoms with Gasteiger partial charge in [-0.15, -0.1) is 11.3 Å². The van der Waals surface area contributed by atoms with Crippen LogP contribution in [0.5, 0.6) is 5.75 Å². The molecule has 1 aromatic carbocycles. The Bertz CT molecular complexity index is 635. The highest BCUT2D eigenvalue weighted by Crippen LogP contribution is 2.36. The minimum Gasteiger partial charge on any atom is -0.496 e. The van der Waals surface area contributed by atoms with Gasteiger partial charge in [0.05, 0.1) is 7.11 Å². The van der Waals surface area contributed by atoms with Crippen molar-refractivity contribution in [3.63, 3.8) is 0 Å². The van der Waals surface area contributed by atoms with Crippen LogP contribution < -0.4 is 4.74 Å². The molecule has 1 aliphatic rings. The lowest BCUT2D eigenvalue weighted by atomic mass is 9.81. The average molecular weight is 330 g/mol. The molecule has 0 radical (unpaired) electrons. The van der Waals surface area contributed by atoms with E-state index in [2.05, 4.69) is 48.5 Å². The van der Waals surface area contributed by atoms with Crippen LogP contribution in [0.1, 0.15) is 40.3 Å². The average Bonchev–Trinajstić information content (AvgIpc) is 3.06. The van der Waals surface area contributed by atoms with Crippen molar-refractivity contribution in [3.8, 4) is 5.75 Å². The Balaban J connectivity index is 1.66. The summed E-state index contributed by atoms with van der Waals surface area (Å²) in [5.74, 6) is 1.70. The minimum atomic E-state index is 0.664. The normalized spacial score (nSPS) is 17.3. The molecule has 0 saturated carbocycles. The maximum atomic E-state index is 5.50. The van der Waals surface area contributed by atoms with Gasteiger partial charge in [-0.25, -0.2) is 0 Å². The summed E-state index contributed by atoms with van der Waals surface area (Å²) in [6.45, 7) is 4.46. The van der Waals surface area contributed by atoms with Crippen molar-refractivity contribution < 1.29 is 4.74 Å². The van der Waals surface area contributed by atoms with Crippen LogP contribution in [0.2, 0.25) is 0 Å². The molecule has 1 aromatic heterocycles. The van der Waals surface area contributed by atoms with E-state index >= 15 is 0 Å². The van der Waals surface area contributed by atoms with Crippen LogP contribution >= 0.6 is 11.3 Å². The Kier molecular flexibility index (Phi) is 5.39. The van der Waals surface area contributed by atoms with Crippen molar-refractivity contribution in [1.82, 2.24) is 4.90 Å². The SMILES string of the molecule is COc1cc2c(cc1C)C(CN(C)CCc1cccs1)CCC2. The molecule has 0 fully saturated rings. The molecule has 1 unspecified atom stereocenters. The van der Waals surface area contributed by atoms with Gasteiger partial charge in [0.15, 0.2) is 0 Å². The number of aryl methyl sites for hydroxylation is 2. The Labute approximate surface area is 144 Å². The molecule has 1 aliphatic carbocycles. The van der Waals surface area contributed by atoms with Crippen LogP contribution in [0.4, 0.5) is 0 Å². The summed E-state index contributed by atoms with van der Waals surface area (Å²) in [5.41, 5.74) is 4.31. The van der Waals surface area contributed by atoms with Gasteiger partial charge in [0.1, 0.15) is 5.75 Å². The van der Waals surface area contributed by atoms with Crippen molar-refractivity contribution >= 4 is 11.3 Å². The van der Waals surface area contributed by atoms with Crippen LogP contribution in [0.3, 0.4) is 0 Å². The third kappa shape index (κ3) is 3.96. The second-order valence-corrected chi connectivity index (χ2v) is 7.73. The van der Waals surface area contributed by atoms with E-state index in [0.717, 1.165) is 25.3 Å². The molecule has 0 spiro atoms. The van der Waals surface area contributed by atoms with E-state index in [1.165, 1.54) is 35.3 Å². The molecule has 0 aliphatic heterocycles. The minimum absolute atomic E-state index is 0.664. The smallest absolute Gasteiger partial charge is 0.122 e. The largest absolute Gasteiger partial charge is 0.496 e. The van der Waals surface area contributed by atoms with Gasteiger partial charge >= 0.3 is 0 Å². The number of rotatable bonds is 6. The van der Waals surface area contributed by atoms with Crippen LogP contribution in [-0.2, 0) is 12.8 Å². The summed E-state index contributed by atoms with van der Waals surface area (Å²) >= 11 is 1.87. The maximum Gasteiger partial charge on any atom is 0.122 e. The molecule has 0 bridgehead atoms. The lowest BCUT2D eigenvalue weighted by Crippen LogP contribution is -2.28. The second-order valence-electron chi connectivity index (χ2n) is 6.70. The van der Waals surface area contributed by atoms with Crippen LogP contribution in [0.25, 0.3) is 0 Å². The van der Waals surface area contributed by atoms with Gasteiger partial charge in [0.2, 0.25) is 0 Å². The van der Waals surface area contributed by atoms with E-state index < -0.39 is 0 Å². The quantitative estimate of drug-likeness (QED) is 0.764. The second kappa shape index (κ2) is 7.50. The fourth-order valence-corrected chi connectivity index (χ4v) is 4.37. The summed E-state index contributed by atoms with van der Waals surface area (Å²) in [6, 6.07) is 9.02. The molecule has 23 heavy (non-hydrogen) atoms. The monoisotopic (exact) mass is 329 g/mol. The number of fused-ring (bicyclic) bond motifs is 1. The lowest BCUT2D eigenvalue weighted by Gasteiger charge is -2.30. The van der Waals surface area contributed by atoms with E-state index in [1.807, 2.05) is 11.3 Å². The van der Waals surface area contributed by atoms with Crippen molar-refractivity contribution in [3.05, 3.63) is 51.2 Å². The first kappa shape index (κ1) is 16.5. The van der Waals surface area contributed by atoms with Crippen LogP contribution in [0, 0.1) is 6.92 Å². The Morgan fingerprint density at radius 2 is 2.22 bits per heavy atom. The zero-order chi connectivity index (χ0) is 16.2. The highest BCUT2D eigenvalue weighted by molar-refractivity contribution is 7.09. The summed E-state index contributed by atoms with van der Waals surface area (Å²) in [6.07, 6.45) is 4.96. The Morgan fingerprint density at radius 3 is 2.96 bits per heavy atom.